The first-order valence-electron chi connectivity index (χ1n) is 31.9. The third-order valence-corrected chi connectivity index (χ3v) is 12.6. The predicted octanol–water partition coefficient (Wildman–Crippen LogP) is 22.2. The number of carbonyl (C=O) groups excluding carboxylic acids is 3. The first kappa shape index (κ1) is 75.2. The maximum atomic E-state index is 12.9. The molecule has 6 heteroatoms. The molecule has 0 aliphatic rings. The number of hydrogen-bond acceptors (Lipinski definition) is 6. The van der Waals surface area contributed by atoms with Crippen molar-refractivity contribution in [3.8, 4) is 0 Å². The van der Waals surface area contributed by atoms with Crippen LogP contribution in [0.15, 0.2) is 194 Å². The molecule has 0 fully saturated rings. The molecule has 0 aromatic rings. The van der Waals surface area contributed by atoms with E-state index in [1.807, 2.05) is 0 Å². The minimum Gasteiger partial charge on any atom is -0.462 e. The fourth-order valence-corrected chi connectivity index (χ4v) is 7.91. The van der Waals surface area contributed by atoms with E-state index in [4.69, 9.17) is 14.2 Å². The van der Waals surface area contributed by atoms with Gasteiger partial charge in [-0.2, -0.15) is 0 Å². The highest BCUT2D eigenvalue weighted by molar-refractivity contribution is 5.71. The van der Waals surface area contributed by atoms with Crippen LogP contribution in [0.5, 0.6) is 0 Å². The molecule has 0 rings (SSSR count). The van der Waals surface area contributed by atoms with Crippen LogP contribution in [-0.4, -0.2) is 37.2 Å². The van der Waals surface area contributed by atoms with Gasteiger partial charge in [-0.1, -0.05) is 254 Å². The van der Waals surface area contributed by atoms with E-state index in [-0.39, 0.29) is 37.5 Å². The maximum Gasteiger partial charge on any atom is 0.306 e. The summed E-state index contributed by atoms with van der Waals surface area (Å²) in [7, 11) is 0. The molecule has 0 amide bonds. The van der Waals surface area contributed by atoms with E-state index < -0.39 is 6.10 Å². The molecule has 1 unspecified atom stereocenters. The van der Waals surface area contributed by atoms with E-state index in [1.54, 1.807) is 0 Å². The first-order chi connectivity index (χ1) is 40.0. The Morgan fingerprint density at radius 1 is 0.247 bits per heavy atom. The molecular formula is C75H114O6. The van der Waals surface area contributed by atoms with Crippen LogP contribution < -0.4 is 0 Å². The van der Waals surface area contributed by atoms with Crippen LogP contribution in [0.1, 0.15) is 239 Å². The molecule has 0 N–H and O–H groups in total. The lowest BCUT2D eigenvalue weighted by molar-refractivity contribution is -0.167. The minimum absolute atomic E-state index is 0.120. The van der Waals surface area contributed by atoms with E-state index in [1.165, 1.54) is 0 Å². The average molecular weight is 1110 g/mol. The van der Waals surface area contributed by atoms with Crippen molar-refractivity contribution in [2.75, 3.05) is 13.2 Å². The molecule has 0 spiro atoms. The third-order valence-electron chi connectivity index (χ3n) is 12.6. The topological polar surface area (TPSA) is 78.9 Å². The fourth-order valence-electron chi connectivity index (χ4n) is 7.91. The molecule has 0 saturated carbocycles. The van der Waals surface area contributed by atoms with Crippen molar-refractivity contribution in [2.24, 2.45) is 0 Å². The lowest BCUT2D eigenvalue weighted by atomic mass is 10.1. The summed E-state index contributed by atoms with van der Waals surface area (Å²) in [6.07, 6.45) is 101. The standard InChI is InChI=1S/C75H114O6/c1-4-7-10-13-16-19-22-25-27-29-31-33-34-35-36-37-38-39-40-42-43-45-47-50-53-56-59-62-65-68-74(77)80-71-72(70-79-73(76)67-64-61-58-55-52-49-24-21-18-15-12-9-6-3)81-75(78)69-66-63-60-57-54-51-48-46-44-41-32-30-28-26-23-20-17-14-11-8-5-2/h7-12,16-21,25-28,31-33,35-36,38-39,41-43,46-50,52,72H,4-6,13-15,22-24,29-30,34,37,40,44-45,51,53-71H2,1-3H3/b10-7-,11-8-,12-9-,19-16-,20-17-,21-18-,27-25-,28-26-,33-31-,36-35-,39-38-,41-32-,43-42-,48-46-,50-47-,52-49-. The second-order valence-electron chi connectivity index (χ2n) is 20.2. The Bertz CT molecular complexity index is 1950. The van der Waals surface area contributed by atoms with Gasteiger partial charge in [-0.15, -0.1) is 0 Å². The Morgan fingerprint density at radius 2 is 0.444 bits per heavy atom. The van der Waals surface area contributed by atoms with Crippen molar-refractivity contribution in [3.05, 3.63) is 194 Å². The van der Waals surface area contributed by atoms with Crippen LogP contribution in [0.3, 0.4) is 0 Å². The van der Waals surface area contributed by atoms with Crippen LogP contribution in [0.4, 0.5) is 0 Å². The second kappa shape index (κ2) is 66.8. The van der Waals surface area contributed by atoms with Crippen molar-refractivity contribution in [2.45, 2.75) is 245 Å². The molecular weight excluding hydrogens is 997 g/mol. The molecule has 0 radical (unpaired) electrons. The Morgan fingerprint density at radius 3 is 0.704 bits per heavy atom. The molecule has 0 aliphatic heterocycles. The zero-order valence-electron chi connectivity index (χ0n) is 51.5. The molecule has 0 saturated heterocycles. The number of rotatable bonds is 55. The highest BCUT2D eigenvalue weighted by atomic mass is 16.6. The summed E-state index contributed by atoms with van der Waals surface area (Å²) in [5.74, 6) is -1.00. The van der Waals surface area contributed by atoms with Gasteiger partial charge in [0.05, 0.1) is 0 Å². The summed E-state index contributed by atoms with van der Waals surface area (Å²) < 4.78 is 16.8. The van der Waals surface area contributed by atoms with E-state index >= 15 is 0 Å². The van der Waals surface area contributed by atoms with Crippen LogP contribution in [-0.2, 0) is 28.6 Å². The highest BCUT2D eigenvalue weighted by Crippen LogP contribution is 2.13. The van der Waals surface area contributed by atoms with Crippen molar-refractivity contribution < 1.29 is 28.6 Å². The number of hydrogen-bond donors (Lipinski definition) is 0. The Balaban J connectivity index is 4.48. The summed E-state index contributed by atoms with van der Waals surface area (Å²) >= 11 is 0. The van der Waals surface area contributed by atoms with Crippen molar-refractivity contribution in [1.82, 2.24) is 0 Å². The van der Waals surface area contributed by atoms with Crippen molar-refractivity contribution >= 4 is 17.9 Å². The normalized spacial score (nSPS) is 13.5. The minimum atomic E-state index is -0.825. The van der Waals surface area contributed by atoms with Crippen molar-refractivity contribution in [1.29, 1.82) is 0 Å². The first-order valence-corrected chi connectivity index (χ1v) is 31.9. The summed E-state index contributed by atoms with van der Waals surface area (Å²) in [4.78, 5) is 38.3. The smallest absolute Gasteiger partial charge is 0.306 e. The van der Waals surface area contributed by atoms with Crippen LogP contribution in [0.25, 0.3) is 0 Å². The van der Waals surface area contributed by atoms with Gasteiger partial charge in [0.25, 0.3) is 0 Å². The zero-order chi connectivity index (χ0) is 58.5. The molecule has 0 bridgehead atoms. The molecule has 450 valence electrons. The van der Waals surface area contributed by atoms with E-state index in [2.05, 4.69) is 215 Å². The van der Waals surface area contributed by atoms with Gasteiger partial charge in [0, 0.05) is 19.3 Å². The van der Waals surface area contributed by atoms with Crippen LogP contribution >= 0.6 is 0 Å². The predicted molar refractivity (Wildman–Crippen MR) is 352 cm³/mol. The zero-order valence-corrected chi connectivity index (χ0v) is 51.5. The third kappa shape index (κ3) is 64.9. The molecule has 81 heavy (non-hydrogen) atoms. The van der Waals surface area contributed by atoms with Gasteiger partial charge >= 0.3 is 17.9 Å². The largest absolute Gasteiger partial charge is 0.462 e. The maximum absolute atomic E-state index is 12.9. The van der Waals surface area contributed by atoms with Crippen LogP contribution in [0.2, 0.25) is 0 Å². The second-order valence-corrected chi connectivity index (χ2v) is 20.2. The average Bonchev–Trinajstić information content (AvgIpc) is 3.46. The SMILES string of the molecule is CC/C=C\C/C=C\C/C=C\C/C=C\C/C=C\C/C=C\C/C=C\C/C=C\CCCCCCC(=O)OCC(COC(=O)CCCCC/C=C\C/C=C\C/C=C\CC)OC(=O)CCCCCCC/C=C\C/C=C\C/C=C\C/C=C\C/C=C\CC. The quantitative estimate of drug-likeness (QED) is 0.0261. The molecule has 0 aromatic carbocycles. The molecule has 1 atom stereocenters. The summed E-state index contributed by atoms with van der Waals surface area (Å²) in [5.41, 5.74) is 0. The number of ether oxygens (including phenoxy) is 3. The molecule has 6 nitrogen and oxygen atoms in total. The number of unbranched alkanes of at least 4 members (excludes halogenated alkanes) is 12. The molecule has 0 aromatic heterocycles. The van der Waals surface area contributed by atoms with Gasteiger partial charge in [-0.3, -0.25) is 14.4 Å². The van der Waals surface area contributed by atoms with E-state index in [0.29, 0.717) is 12.8 Å². The van der Waals surface area contributed by atoms with Crippen LogP contribution in [0, 0.1) is 0 Å². The summed E-state index contributed by atoms with van der Waals surface area (Å²) in [6, 6.07) is 0. The Hall–Kier alpha value is -5.75. The summed E-state index contributed by atoms with van der Waals surface area (Å²) in [5, 5.41) is 0. The van der Waals surface area contributed by atoms with Gasteiger partial charge in [0.2, 0.25) is 0 Å². The lowest BCUT2D eigenvalue weighted by Gasteiger charge is -2.18. The highest BCUT2D eigenvalue weighted by Gasteiger charge is 2.19. The van der Waals surface area contributed by atoms with Gasteiger partial charge < -0.3 is 14.2 Å². The molecule has 0 heterocycles. The number of allylic oxidation sites excluding steroid dienone is 32. The summed E-state index contributed by atoms with van der Waals surface area (Å²) in [6.45, 7) is 6.22. The van der Waals surface area contributed by atoms with Crippen molar-refractivity contribution in [3.63, 3.8) is 0 Å². The van der Waals surface area contributed by atoms with Gasteiger partial charge in [0.1, 0.15) is 13.2 Å². The Labute approximate surface area is 497 Å². The molecule has 0 aliphatic carbocycles. The lowest BCUT2D eigenvalue weighted by Crippen LogP contribution is -2.30. The number of esters is 3. The Kier molecular flexibility index (Phi) is 62.0. The van der Waals surface area contributed by atoms with Gasteiger partial charge in [0.15, 0.2) is 6.10 Å². The van der Waals surface area contributed by atoms with Gasteiger partial charge in [-0.25, -0.2) is 0 Å². The van der Waals surface area contributed by atoms with E-state index in [9.17, 15) is 14.4 Å². The fraction of sp³-hybridized carbons (Fsp3) is 0.533. The number of carbonyl (C=O) groups is 3. The van der Waals surface area contributed by atoms with E-state index in [0.717, 1.165) is 199 Å². The van der Waals surface area contributed by atoms with Gasteiger partial charge in [-0.05, 0) is 161 Å². The monoisotopic (exact) mass is 1110 g/mol.